The van der Waals surface area contributed by atoms with E-state index in [4.69, 9.17) is 5.11 Å². The standard InChI is InChI=1S/C21H24F3N3O.C9H19NO2/c1-13-8-10-26(11-9-13)20(28)18-14(2)25-27(19(18)15-6-7-15)17-5-3-4-16(12-17)21(22,23)24;1-4-9(10-8(3)12)5-7(2)6-11/h3-5,12-13,15H,6-11H2,1-2H3;7,9,11H,4-6H2,1-3H3,(H,10,12)/t;7-,9-/m.0/s1. The third-order valence-electron chi connectivity index (χ3n) is 7.66. The van der Waals surface area contributed by atoms with Crippen molar-refractivity contribution < 1.29 is 27.9 Å². The highest BCUT2D eigenvalue weighted by atomic mass is 19.4. The van der Waals surface area contributed by atoms with E-state index in [2.05, 4.69) is 17.3 Å². The first kappa shape index (κ1) is 31.6. The van der Waals surface area contributed by atoms with E-state index in [0.717, 1.165) is 69.4 Å². The summed E-state index contributed by atoms with van der Waals surface area (Å²) in [6, 6.07) is 5.38. The molecule has 2 aromatic rings. The molecule has 1 aliphatic heterocycles. The summed E-state index contributed by atoms with van der Waals surface area (Å²) in [6.07, 6.45) is 1.18. The van der Waals surface area contributed by atoms with Crippen LogP contribution in [0.1, 0.15) is 99.4 Å². The lowest BCUT2D eigenvalue weighted by Gasteiger charge is -2.30. The van der Waals surface area contributed by atoms with Crippen molar-refractivity contribution >= 4 is 11.8 Å². The van der Waals surface area contributed by atoms with Gasteiger partial charge in [-0.2, -0.15) is 18.3 Å². The molecule has 0 unspecified atom stereocenters. The van der Waals surface area contributed by atoms with Crippen LogP contribution in [0.15, 0.2) is 24.3 Å². The minimum atomic E-state index is -4.42. The minimum absolute atomic E-state index is 0.00647. The van der Waals surface area contributed by atoms with E-state index in [0.29, 0.717) is 22.9 Å². The number of aryl methyl sites for hydroxylation is 1. The molecule has 0 spiro atoms. The van der Waals surface area contributed by atoms with Gasteiger partial charge in [0.05, 0.1) is 28.2 Å². The Morgan fingerprint density at radius 3 is 2.35 bits per heavy atom. The smallest absolute Gasteiger partial charge is 0.396 e. The van der Waals surface area contributed by atoms with E-state index in [1.54, 1.807) is 17.7 Å². The first-order valence-corrected chi connectivity index (χ1v) is 14.3. The number of aromatic nitrogens is 2. The Balaban J connectivity index is 0.000000312. The van der Waals surface area contributed by atoms with E-state index in [1.807, 2.05) is 18.7 Å². The van der Waals surface area contributed by atoms with Crippen molar-refractivity contribution in [2.24, 2.45) is 11.8 Å². The van der Waals surface area contributed by atoms with Crippen LogP contribution < -0.4 is 5.32 Å². The fourth-order valence-electron chi connectivity index (χ4n) is 5.10. The molecular formula is C30H43F3N4O3. The zero-order valence-electron chi connectivity index (χ0n) is 24.2. The molecule has 0 radical (unpaired) electrons. The molecule has 2 N–H and O–H groups in total. The largest absolute Gasteiger partial charge is 0.416 e. The van der Waals surface area contributed by atoms with Gasteiger partial charge in [0.1, 0.15) is 0 Å². The zero-order chi connectivity index (χ0) is 29.6. The minimum Gasteiger partial charge on any atom is -0.396 e. The zero-order valence-corrected chi connectivity index (χ0v) is 24.2. The third kappa shape index (κ3) is 8.32. The van der Waals surface area contributed by atoms with Crippen LogP contribution in [0.4, 0.5) is 13.2 Å². The predicted molar refractivity (Wildman–Crippen MR) is 148 cm³/mol. The molecule has 40 heavy (non-hydrogen) atoms. The normalized spacial score (nSPS) is 17.6. The Bertz CT molecular complexity index is 1150. The van der Waals surface area contributed by atoms with E-state index in [9.17, 15) is 22.8 Å². The molecule has 0 bridgehead atoms. The lowest BCUT2D eigenvalue weighted by Crippen LogP contribution is -2.38. The number of carbonyl (C=O) groups excluding carboxylic acids is 2. The SMILES string of the molecule is CC[C@@H](C[C@H](C)CO)NC(C)=O.Cc1nn(-c2cccc(C(F)(F)F)c2)c(C2CC2)c1C(=O)N1CCC(C)CC1. The van der Waals surface area contributed by atoms with Crippen molar-refractivity contribution in [2.45, 2.75) is 91.3 Å². The van der Waals surface area contributed by atoms with Gasteiger partial charge in [-0.1, -0.05) is 26.8 Å². The van der Waals surface area contributed by atoms with Crippen LogP contribution in [0, 0.1) is 18.8 Å². The Morgan fingerprint density at radius 1 is 1.18 bits per heavy atom. The number of alkyl halides is 3. The maximum atomic E-state index is 13.2. The number of benzene rings is 1. The Hall–Kier alpha value is -2.88. The van der Waals surface area contributed by atoms with Crippen LogP contribution in [-0.4, -0.2) is 57.3 Å². The number of likely N-dealkylation sites (tertiary alicyclic amines) is 1. The first-order valence-electron chi connectivity index (χ1n) is 14.3. The van der Waals surface area contributed by atoms with E-state index in [1.165, 1.54) is 13.0 Å². The van der Waals surface area contributed by atoms with Gasteiger partial charge in [0.2, 0.25) is 5.91 Å². The summed E-state index contributed by atoms with van der Waals surface area (Å²) >= 11 is 0. The Labute approximate surface area is 235 Å². The molecule has 1 aromatic heterocycles. The summed E-state index contributed by atoms with van der Waals surface area (Å²) in [5.41, 5.74) is 1.57. The summed E-state index contributed by atoms with van der Waals surface area (Å²) in [4.78, 5) is 25.8. The third-order valence-corrected chi connectivity index (χ3v) is 7.66. The molecule has 1 aliphatic carbocycles. The highest BCUT2D eigenvalue weighted by Crippen LogP contribution is 2.44. The number of nitrogens with zero attached hydrogens (tertiary/aromatic N) is 3. The highest BCUT2D eigenvalue weighted by molar-refractivity contribution is 5.97. The van der Waals surface area contributed by atoms with Gasteiger partial charge < -0.3 is 15.3 Å². The first-order chi connectivity index (χ1) is 18.8. The van der Waals surface area contributed by atoms with Gasteiger partial charge in [-0.15, -0.1) is 0 Å². The highest BCUT2D eigenvalue weighted by Gasteiger charge is 2.37. The van der Waals surface area contributed by atoms with Gasteiger partial charge in [0, 0.05) is 38.6 Å². The fourth-order valence-corrected chi connectivity index (χ4v) is 5.10. The summed E-state index contributed by atoms with van der Waals surface area (Å²) < 4.78 is 41.0. The van der Waals surface area contributed by atoms with Gasteiger partial charge in [-0.25, -0.2) is 4.68 Å². The van der Waals surface area contributed by atoms with Crippen LogP contribution in [0.2, 0.25) is 0 Å². The number of carbonyl (C=O) groups is 2. The number of rotatable bonds is 8. The molecule has 2 fully saturated rings. The fraction of sp³-hybridized carbons (Fsp3) is 0.633. The molecular weight excluding hydrogens is 521 g/mol. The molecule has 2 aliphatic rings. The number of aliphatic hydroxyl groups excluding tert-OH is 1. The van der Waals surface area contributed by atoms with Gasteiger partial charge in [-0.05, 0) is 75.5 Å². The van der Waals surface area contributed by atoms with Crippen molar-refractivity contribution in [3.8, 4) is 5.69 Å². The van der Waals surface area contributed by atoms with E-state index < -0.39 is 11.7 Å². The molecule has 1 aromatic carbocycles. The van der Waals surface area contributed by atoms with Crippen LogP contribution in [0.3, 0.4) is 0 Å². The number of hydrogen-bond acceptors (Lipinski definition) is 4. The van der Waals surface area contributed by atoms with E-state index in [-0.39, 0.29) is 36.3 Å². The van der Waals surface area contributed by atoms with Crippen LogP contribution in [-0.2, 0) is 11.0 Å². The number of halogens is 3. The van der Waals surface area contributed by atoms with E-state index >= 15 is 0 Å². The molecule has 1 saturated carbocycles. The average molecular weight is 565 g/mol. The van der Waals surface area contributed by atoms with Gasteiger partial charge >= 0.3 is 6.18 Å². The Kier molecular flexibility index (Phi) is 10.8. The van der Waals surface area contributed by atoms with Crippen molar-refractivity contribution in [3.05, 3.63) is 46.8 Å². The monoisotopic (exact) mass is 564 g/mol. The molecule has 4 rings (SSSR count). The maximum absolute atomic E-state index is 13.2. The summed E-state index contributed by atoms with van der Waals surface area (Å²) in [7, 11) is 0. The Morgan fingerprint density at radius 2 is 1.82 bits per heavy atom. The number of aliphatic hydroxyl groups is 1. The van der Waals surface area contributed by atoms with Gasteiger partial charge in [-0.3, -0.25) is 9.59 Å². The molecule has 2 heterocycles. The van der Waals surface area contributed by atoms with Crippen molar-refractivity contribution in [1.82, 2.24) is 20.0 Å². The summed E-state index contributed by atoms with van der Waals surface area (Å²) in [5.74, 6) is 1.03. The van der Waals surface area contributed by atoms with Crippen molar-refractivity contribution in [1.29, 1.82) is 0 Å². The lowest BCUT2D eigenvalue weighted by atomic mass is 9.98. The quantitative estimate of drug-likeness (QED) is 0.420. The molecule has 2 amide bonds. The predicted octanol–water partition coefficient (Wildman–Crippen LogP) is 5.87. The summed E-state index contributed by atoms with van der Waals surface area (Å²) in [6.45, 7) is 11.1. The average Bonchev–Trinajstić information content (AvgIpc) is 3.69. The van der Waals surface area contributed by atoms with Crippen LogP contribution in [0.5, 0.6) is 0 Å². The van der Waals surface area contributed by atoms with Crippen molar-refractivity contribution in [2.75, 3.05) is 19.7 Å². The second-order valence-electron chi connectivity index (χ2n) is 11.4. The molecule has 222 valence electrons. The maximum Gasteiger partial charge on any atom is 0.416 e. The number of nitrogens with one attached hydrogen (secondary N) is 1. The second-order valence-corrected chi connectivity index (χ2v) is 11.4. The number of hydrogen-bond donors (Lipinski definition) is 2. The molecule has 1 saturated heterocycles. The topological polar surface area (TPSA) is 87.5 Å². The summed E-state index contributed by atoms with van der Waals surface area (Å²) in [5, 5.41) is 16.1. The number of amides is 2. The van der Waals surface area contributed by atoms with Crippen LogP contribution in [0.25, 0.3) is 5.69 Å². The second kappa shape index (κ2) is 13.7. The van der Waals surface area contributed by atoms with Gasteiger partial charge in [0.25, 0.3) is 5.91 Å². The van der Waals surface area contributed by atoms with Crippen molar-refractivity contribution in [3.63, 3.8) is 0 Å². The van der Waals surface area contributed by atoms with Gasteiger partial charge in [0.15, 0.2) is 0 Å². The molecule has 2 atom stereocenters. The molecule has 7 nitrogen and oxygen atoms in total. The number of piperidine rings is 1. The lowest BCUT2D eigenvalue weighted by molar-refractivity contribution is -0.137. The van der Waals surface area contributed by atoms with Crippen LogP contribution >= 0.6 is 0 Å². The molecule has 10 heteroatoms.